The van der Waals surface area contributed by atoms with Crippen molar-refractivity contribution in [2.75, 3.05) is 0 Å². The summed E-state index contributed by atoms with van der Waals surface area (Å²) in [4.78, 5) is 15.0. The average Bonchev–Trinajstić information content (AvgIpc) is 2.17. The summed E-state index contributed by atoms with van der Waals surface area (Å²) in [5, 5.41) is 10.6. The van der Waals surface area contributed by atoms with Crippen molar-refractivity contribution in [2.45, 2.75) is 6.92 Å². The molecule has 0 unspecified atom stereocenters. The van der Waals surface area contributed by atoms with Gasteiger partial charge in [0.25, 0.3) is 0 Å². The van der Waals surface area contributed by atoms with Gasteiger partial charge < -0.3 is 5.11 Å². The lowest BCUT2D eigenvalue weighted by Crippen LogP contribution is -1.98. The fourth-order valence-electron chi connectivity index (χ4n) is 1.59. The minimum Gasteiger partial charge on any atom is -0.478 e. The Kier molecular flexibility index (Phi) is 1.93. The second-order valence-electron chi connectivity index (χ2n) is 3.17. The maximum Gasteiger partial charge on any atom is 0.336 e. The minimum atomic E-state index is -0.898. The van der Waals surface area contributed by atoms with Crippen LogP contribution in [-0.4, -0.2) is 16.1 Å². The first-order valence-electron chi connectivity index (χ1n) is 4.27. The molecule has 3 heteroatoms. The van der Waals surface area contributed by atoms with E-state index in [1.54, 1.807) is 24.5 Å². The number of aromatic carboxylic acids is 1. The van der Waals surface area contributed by atoms with Gasteiger partial charge in [0.1, 0.15) is 0 Å². The summed E-state index contributed by atoms with van der Waals surface area (Å²) < 4.78 is 0. The van der Waals surface area contributed by atoms with Gasteiger partial charge in [0.2, 0.25) is 0 Å². The summed E-state index contributed by atoms with van der Waals surface area (Å²) in [6.07, 6.45) is 3.35. The summed E-state index contributed by atoms with van der Waals surface area (Å²) in [5.74, 6) is -0.898. The van der Waals surface area contributed by atoms with Crippen molar-refractivity contribution >= 4 is 16.7 Å². The Morgan fingerprint density at radius 2 is 2.14 bits per heavy atom. The number of aryl methyl sites for hydroxylation is 1. The van der Waals surface area contributed by atoms with Crippen LogP contribution in [0.3, 0.4) is 0 Å². The van der Waals surface area contributed by atoms with E-state index in [9.17, 15) is 4.79 Å². The van der Waals surface area contributed by atoms with Crippen LogP contribution in [0.4, 0.5) is 0 Å². The van der Waals surface area contributed by atoms with E-state index in [1.165, 1.54) is 0 Å². The average molecular weight is 187 g/mol. The van der Waals surface area contributed by atoms with Crippen LogP contribution in [0.15, 0.2) is 30.6 Å². The van der Waals surface area contributed by atoms with Crippen LogP contribution >= 0.6 is 0 Å². The molecule has 1 N–H and O–H groups in total. The lowest BCUT2D eigenvalue weighted by atomic mass is 10.0. The molecule has 0 bridgehead atoms. The molecule has 3 nitrogen and oxygen atoms in total. The largest absolute Gasteiger partial charge is 0.478 e. The molecule has 14 heavy (non-hydrogen) atoms. The molecule has 70 valence electrons. The molecule has 0 amide bonds. The van der Waals surface area contributed by atoms with E-state index >= 15 is 0 Å². The van der Waals surface area contributed by atoms with Gasteiger partial charge in [-0.2, -0.15) is 0 Å². The number of pyridine rings is 1. The Bertz CT molecular complexity index is 500. The first-order valence-corrected chi connectivity index (χ1v) is 4.27. The second-order valence-corrected chi connectivity index (χ2v) is 3.17. The maximum absolute atomic E-state index is 10.9. The first kappa shape index (κ1) is 8.69. The number of rotatable bonds is 1. The van der Waals surface area contributed by atoms with Gasteiger partial charge in [-0.15, -0.1) is 0 Å². The van der Waals surface area contributed by atoms with Gasteiger partial charge in [0.05, 0.1) is 5.56 Å². The van der Waals surface area contributed by atoms with E-state index in [0.29, 0.717) is 5.56 Å². The molecule has 0 aliphatic heterocycles. The number of benzene rings is 1. The number of carbonyl (C=O) groups is 1. The third-order valence-corrected chi connectivity index (χ3v) is 2.20. The van der Waals surface area contributed by atoms with E-state index in [1.807, 2.05) is 13.0 Å². The quantitative estimate of drug-likeness (QED) is 0.744. The predicted molar refractivity (Wildman–Crippen MR) is 53.4 cm³/mol. The van der Waals surface area contributed by atoms with Crippen molar-refractivity contribution in [3.05, 3.63) is 41.7 Å². The number of aromatic nitrogens is 1. The highest BCUT2D eigenvalue weighted by molar-refractivity contribution is 6.04. The summed E-state index contributed by atoms with van der Waals surface area (Å²) >= 11 is 0. The Hall–Kier alpha value is -1.90. The van der Waals surface area contributed by atoms with E-state index in [4.69, 9.17) is 5.11 Å². The van der Waals surface area contributed by atoms with Gasteiger partial charge in [-0.3, -0.25) is 4.98 Å². The van der Waals surface area contributed by atoms with E-state index in [0.717, 1.165) is 16.3 Å². The highest BCUT2D eigenvalue weighted by atomic mass is 16.4. The normalized spacial score (nSPS) is 10.4. The number of nitrogens with zero attached hydrogens (tertiary/aromatic N) is 1. The van der Waals surface area contributed by atoms with Crippen molar-refractivity contribution in [3.63, 3.8) is 0 Å². The lowest BCUT2D eigenvalue weighted by Gasteiger charge is -2.04. The van der Waals surface area contributed by atoms with Crippen molar-refractivity contribution in [1.29, 1.82) is 0 Å². The minimum absolute atomic E-state index is 0.336. The predicted octanol–water partition coefficient (Wildman–Crippen LogP) is 2.24. The molecular weight excluding hydrogens is 178 g/mol. The number of carboxylic acids is 1. The lowest BCUT2D eigenvalue weighted by molar-refractivity contribution is 0.0699. The SMILES string of the molecule is Cc1cncc2cccc(C(=O)O)c12. The fourth-order valence-corrected chi connectivity index (χ4v) is 1.59. The highest BCUT2D eigenvalue weighted by Gasteiger charge is 2.09. The van der Waals surface area contributed by atoms with Crippen molar-refractivity contribution in [3.8, 4) is 0 Å². The van der Waals surface area contributed by atoms with Crippen molar-refractivity contribution in [1.82, 2.24) is 4.98 Å². The Morgan fingerprint density at radius 3 is 2.86 bits per heavy atom. The van der Waals surface area contributed by atoms with E-state index in [2.05, 4.69) is 4.98 Å². The Morgan fingerprint density at radius 1 is 1.36 bits per heavy atom. The van der Waals surface area contributed by atoms with Crippen molar-refractivity contribution < 1.29 is 9.90 Å². The number of hydrogen-bond acceptors (Lipinski definition) is 2. The molecule has 2 rings (SSSR count). The molecule has 0 saturated heterocycles. The van der Waals surface area contributed by atoms with Crippen LogP contribution < -0.4 is 0 Å². The van der Waals surface area contributed by atoms with Crippen LogP contribution in [0.2, 0.25) is 0 Å². The Balaban J connectivity index is 2.91. The second kappa shape index (κ2) is 3.10. The highest BCUT2D eigenvalue weighted by Crippen LogP contribution is 2.21. The number of fused-ring (bicyclic) bond motifs is 1. The molecule has 0 spiro atoms. The van der Waals surface area contributed by atoms with Crippen LogP contribution in [0, 0.1) is 6.92 Å². The van der Waals surface area contributed by atoms with Gasteiger partial charge in [-0.25, -0.2) is 4.79 Å². The summed E-state index contributed by atoms with van der Waals surface area (Å²) in [7, 11) is 0. The molecule has 0 fully saturated rings. The molecule has 1 heterocycles. The van der Waals surface area contributed by atoms with Gasteiger partial charge in [0, 0.05) is 23.2 Å². The monoisotopic (exact) mass is 187 g/mol. The smallest absolute Gasteiger partial charge is 0.336 e. The zero-order valence-corrected chi connectivity index (χ0v) is 7.69. The summed E-state index contributed by atoms with van der Waals surface area (Å²) in [6, 6.07) is 5.20. The molecule has 0 aliphatic carbocycles. The zero-order chi connectivity index (χ0) is 10.1. The zero-order valence-electron chi connectivity index (χ0n) is 7.69. The van der Waals surface area contributed by atoms with Gasteiger partial charge in [0.15, 0.2) is 0 Å². The molecule has 0 atom stereocenters. The fraction of sp³-hybridized carbons (Fsp3) is 0.0909. The molecule has 1 aromatic heterocycles. The topological polar surface area (TPSA) is 50.2 Å². The Labute approximate surface area is 81.0 Å². The molecule has 0 saturated carbocycles. The summed E-state index contributed by atoms with van der Waals surface area (Å²) in [6.45, 7) is 1.86. The third kappa shape index (κ3) is 1.23. The van der Waals surface area contributed by atoms with Gasteiger partial charge in [-0.1, -0.05) is 12.1 Å². The molecule has 1 aromatic carbocycles. The standard InChI is InChI=1S/C11H9NO2/c1-7-5-12-6-8-3-2-4-9(10(7)8)11(13)14/h2-6H,1H3,(H,13,14). The molecular formula is C11H9NO2. The third-order valence-electron chi connectivity index (χ3n) is 2.20. The van der Waals surface area contributed by atoms with Crippen LogP contribution in [0.25, 0.3) is 10.8 Å². The molecule has 2 aromatic rings. The number of carboxylic acid groups (broad SMARTS) is 1. The van der Waals surface area contributed by atoms with Crippen LogP contribution in [0.5, 0.6) is 0 Å². The van der Waals surface area contributed by atoms with Crippen LogP contribution in [0.1, 0.15) is 15.9 Å². The van der Waals surface area contributed by atoms with Crippen LogP contribution in [-0.2, 0) is 0 Å². The van der Waals surface area contributed by atoms with Crippen molar-refractivity contribution in [2.24, 2.45) is 0 Å². The summed E-state index contributed by atoms with van der Waals surface area (Å²) in [5.41, 5.74) is 1.22. The number of hydrogen-bond donors (Lipinski definition) is 1. The van der Waals surface area contributed by atoms with E-state index < -0.39 is 5.97 Å². The van der Waals surface area contributed by atoms with E-state index in [-0.39, 0.29) is 0 Å². The molecule has 0 radical (unpaired) electrons. The van der Waals surface area contributed by atoms with Gasteiger partial charge >= 0.3 is 5.97 Å². The molecule has 0 aliphatic rings. The van der Waals surface area contributed by atoms with Gasteiger partial charge in [-0.05, 0) is 18.6 Å². The first-order chi connectivity index (χ1) is 6.70. The maximum atomic E-state index is 10.9.